The molecule has 3 aromatic rings. The van der Waals surface area contributed by atoms with Crippen LogP contribution in [0.2, 0.25) is 0 Å². The van der Waals surface area contributed by atoms with E-state index in [2.05, 4.69) is 10.1 Å². The predicted molar refractivity (Wildman–Crippen MR) is 145 cm³/mol. The van der Waals surface area contributed by atoms with Gasteiger partial charge >= 0.3 is 7.12 Å². The summed E-state index contributed by atoms with van der Waals surface area (Å²) in [6, 6.07) is 16.2. The lowest BCUT2D eigenvalue weighted by molar-refractivity contribution is 0.0358. The molecule has 0 spiro atoms. The van der Waals surface area contributed by atoms with Crippen LogP contribution in [-0.2, 0) is 10.0 Å². The third kappa shape index (κ3) is 6.33. The summed E-state index contributed by atoms with van der Waals surface area (Å²) in [5, 5.41) is 20.7. The normalized spacial score (nSPS) is 11.4. The topological polar surface area (TPSA) is 145 Å². The molecular weight excluding hydrogens is 509 g/mol. The second-order valence-corrected chi connectivity index (χ2v) is 11.2. The molecule has 0 saturated carbocycles. The molecule has 12 heteroatoms. The van der Waals surface area contributed by atoms with Gasteiger partial charge in [-0.2, -0.15) is 0 Å². The molecule has 4 N–H and O–H groups in total. The van der Waals surface area contributed by atoms with Gasteiger partial charge in [0.05, 0.1) is 17.5 Å². The minimum atomic E-state index is -4.10. The number of benzene rings is 3. The summed E-state index contributed by atoms with van der Waals surface area (Å²) in [5.74, 6) is -0.674. The summed E-state index contributed by atoms with van der Waals surface area (Å²) >= 11 is 0. The number of ether oxygens (including phenoxy) is 1. The molecule has 0 atom stereocenters. The van der Waals surface area contributed by atoms with Gasteiger partial charge < -0.3 is 14.8 Å². The van der Waals surface area contributed by atoms with Gasteiger partial charge in [-0.15, -0.1) is 0 Å². The zero-order chi connectivity index (χ0) is 28.3. The lowest BCUT2D eigenvalue weighted by Crippen LogP contribution is -2.56. The fourth-order valence-corrected chi connectivity index (χ4v) is 4.79. The average Bonchev–Trinajstić information content (AvgIpc) is 2.86. The second-order valence-electron chi connectivity index (χ2n) is 9.48. The van der Waals surface area contributed by atoms with Gasteiger partial charge in [0.1, 0.15) is 5.75 Å². The Morgan fingerprint density at radius 3 is 2.21 bits per heavy atom. The quantitative estimate of drug-likeness (QED) is 0.266. The minimum absolute atomic E-state index is 0.0235. The number of sulfonamides is 1. The molecule has 0 aliphatic rings. The van der Waals surface area contributed by atoms with Crippen molar-refractivity contribution in [1.82, 2.24) is 10.4 Å². The molecule has 200 valence electrons. The highest BCUT2D eigenvalue weighted by Crippen LogP contribution is 2.24. The lowest BCUT2D eigenvalue weighted by Gasteiger charge is -2.36. The number of carbonyl (C=O) groups excluding carboxylic acids is 2. The van der Waals surface area contributed by atoms with Crippen LogP contribution in [0.3, 0.4) is 0 Å². The number of nitrogens with zero attached hydrogens (tertiary/aromatic N) is 1. The van der Waals surface area contributed by atoms with Crippen LogP contribution in [0, 0.1) is 6.92 Å². The predicted octanol–water partition coefficient (Wildman–Crippen LogP) is 2.07. The van der Waals surface area contributed by atoms with E-state index in [0.29, 0.717) is 16.9 Å². The van der Waals surface area contributed by atoms with Crippen molar-refractivity contribution in [3.05, 3.63) is 83.4 Å². The van der Waals surface area contributed by atoms with E-state index in [9.17, 15) is 28.1 Å². The third-order valence-corrected chi connectivity index (χ3v) is 7.09. The Labute approximate surface area is 222 Å². The van der Waals surface area contributed by atoms with Crippen LogP contribution in [-0.4, -0.2) is 55.1 Å². The molecule has 0 heterocycles. The molecule has 0 unspecified atom stereocenters. The van der Waals surface area contributed by atoms with Gasteiger partial charge in [0.15, 0.2) is 0 Å². The standard InChI is InChI=1S/C26H30BN3O7S/c1-17-20(12-9-13-23(17)37-5)25(32)30(26(2,3)4)28-24(31)18-14-15-21(27(33)34)22(16-18)29-38(35,36)19-10-7-6-8-11-19/h6-16,29,33-34H,1-5H3,(H,28,31). The summed E-state index contributed by atoms with van der Waals surface area (Å²) in [5.41, 5.74) is 2.31. The molecule has 0 aliphatic carbocycles. The van der Waals surface area contributed by atoms with Crippen LogP contribution in [0.1, 0.15) is 47.1 Å². The zero-order valence-electron chi connectivity index (χ0n) is 21.7. The number of amides is 2. The van der Waals surface area contributed by atoms with E-state index in [4.69, 9.17) is 4.74 Å². The molecule has 0 fully saturated rings. The van der Waals surface area contributed by atoms with Gasteiger partial charge in [0, 0.05) is 27.8 Å². The van der Waals surface area contributed by atoms with E-state index in [1.54, 1.807) is 64.1 Å². The largest absolute Gasteiger partial charge is 0.496 e. The Kier molecular flexibility index (Phi) is 8.50. The van der Waals surface area contributed by atoms with E-state index in [1.165, 1.54) is 42.5 Å². The van der Waals surface area contributed by atoms with Crippen LogP contribution >= 0.6 is 0 Å². The first-order chi connectivity index (χ1) is 17.8. The summed E-state index contributed by atoms with van der Waals surface area (Å²) in [6.07, 6.45) is 0. The number of anilines is 1. The molecule has 3 aromatic carbocycles. The van der Waals surface area contributed by atoms with E-state index >= 15 is 0 Å². The van der Waals surface area contributed by atoms with Crippen molar-refractivity contribution in [3.63, 3.8) is 0 Å². The number of rotatable bonds is 7. The SMILES string of the molecule is COc1cccc(C(=O)N(NC(=O)c2ccc(B(O)O)c(NS(=O)(=O)c3ccccc3)c2)C(C)(C)C)c1C. The van der Waals surface area contributed by atoms with Crippen LogP contribution in [0.4, 0.5) is 5.69 Å². The number of hydrogen-bond donors (Lipinski definition) is 4. The maximum absolute atomic E-state index is 13.5. The second kappa shape index (κ2) is 11.3. The van der Waals surface area contributed by atoms with E-state index in [-0.39, 0.29) is 21.6 Å². The lowest BCUT2D eigenvalue weighted by atomic mass is 9.78. The Bertz CT molecular complexity index is 1440. The first-order valence-electron chi connectivity index (χ1n) is 11.6. The molecule has 10 nitrogen and oxygen atoms in total. The van der Waals surface area contributed by atoms with Gasteiger partial charge in [-0.3, -0.25) is 19.7 Å². The molecule has 0 aromatic heterocycles. The maximum atomic E-state index is 13.5. The Balaban J connectivity index is 1.97. The Morgan fingerprint density at radius 1 is 0.974 bits per heavy atom. The van der Waals surface area contributed by atoms with Crippen LogP contribution in [0.15, 0.2) is 71.6 Å². The van der Waals surface area contributed by atoms with E-state index in [0.717, 1.165) is 0 Å². The molecule has 3 rings (SSSR count). The van der Waals surface area contributed by atoms with Crippen molar-refractivity contribution < 1.29 is 32.8 Å². The number of carbonyl (C=O) groups is 2. The summed E-state index contributed by atoms with van der Waals surface area (Å²) in [6.45, 7) is 6.96. The monoisotopic (exact) mass is 539 g/mol. The minimum Gasteiger partial charge on any atom is -0.496 e. The number of nitrogens with one attached hydrogen (secondary N) is 2. The maximum Gasteiger partial charge on any atom is 0.490 e. The molecule has 0 bridgehead atoms. The van der Waals surface area contributed by atoms with Gasteiger partial charge in [-0.05, 0) is 64.1 Å². The highest BCUT2D eigenvalue weighted by Gasteiger charge is 2.31. The van der Waals surface area contributed by atoms with Crippen molar-refractivity contribution in [2.24, 2.45) is 0 Å². The van der Waals surface area contributed by atoms with Gasteiger partial charge in [0.2, 0.25) is 0 Å². The van der Waals surface area contributed by atoms with Crippen molar-refractivity contribution in [3.8, 4) is 5.75 Å². The fourth-order valence-electron chi connectivity index (χ4n) is 3.69. The van der Waals surface area contributed by atoms with Crippen molar-refractivity contribution >= 4 is 40.1 Å². The van der Waals surface area contributed by atoms with E-state index < -0.39 is 34.5 Å². The number of hydrazine groups is 1. The summed E-state index contributed by atoms with van der Waals surface area (Å²) < 4.78 is 33.3. The van der Waals surface area contributed by atoms with Crippen LogP contribution in [0.5, 0.6) is 5.75 Å². The first kappa shape index (κ1) is 28.7. The summed E-state index contributed by atoms with van der Waals surface area (Å²) in [7, 11) is -4.61. The van der Waals surface area contributed by atoms with Crippen LogP contribution < -0.4 is 20.3 Å². The summed E-state index contributed by atoms with van der Waals surface area (Å²) in [4.78, 5) is 26.7. The smallest absolute Gasteiger partial charge is 0.490 e. The van der Waals surface area contributed by atoms with Gasteiger partial charge in [-0.1, -0.05) is 30.3 Å². The first-order valence-corrected chi connectivity index (χ1v) is 13.1. The van der Waals surface area contributed by atoms with Gasteiger partial charge in [0.25, 0.3) is 21.8 Å². The molecule has 0 saturated heterocycles. The number of methoxy groups -OCH3 is 1. The number of hydrogen-bond acceptors (Lipinski definition) is 7. The molecule has 0 radical (unpaired) electrons. The molecular formula is C26H30BN3O7S. The van der Waals surface area contributed by atoms with Crippen molar-refractivity contribution in [2.75, 3.05) is 11.8 Å². The molecule has 2 amide bonds. The van der Waals surface area contributed by atoms with E-state index in [1.807, 2.05) is 0 Å². The fraction of sp³-hybridized carbons (Fsp3) is 0.231. The van der Waals surface area contributed by atoms with Crippen molar-refractivity contribution in [2.45, 2.75) is 38.1 Å². The average molecular weight is 539 g/mol. The molecule has 0 aliphatic heterocycles. The van der Waals surface area contributed by atoms with Gasteiger partial charge in [-0.25, -0.2) is 13.4 Å². The zero-order valence-corrected chi connectivity index (χ0v) is 22.5. The van der Waals surface area contributed by atoms with Crippen molar-refractivity contribution in [1.29, 1.82) is 0 Å². The Hall–Kier alpha value is -3.87. The highest BCUT2D eigenvalue weighted by atomic mass is 32.2. The Morgan fingerprint density at radius 2 is 1.63 bits per heavy atom. The highest BCUT2D eigenvalue weighted by molar-refractivity contribution is 7.92. The third-order valence-electron chi connectivity index (χ3n) is 5.71. The molecule has 38 heavy (non-hydrogen) atoms. The van der Waals surface area contributed by atoms with Crippen LogP contribution in [0.25, 0.3) is 0 Å².